The van der Waals surface area contributed by atoms with Crippen LogP contribution in [0, 0.1) is 6.92 Å². The maximum Gasteiger partial charge on any atom is 0.231 e. The topological polar surface area (TPSA) is 49.7 Å². The molecule has 1 aliphatic rings. The SMILES string of the molecule is CCn1cc(C=C2Oc3c(ccc(OCc4cccc(Cl)c4)c3C)C2=O)c2cc(OC)ccc21. The van der Waals surface area contributed by atoms with Gasteiger partial charge in [-0.15, -0.1) is 0 Å². The number of aryl methyl sites for hydroxylation is 1. The van der Waals surface area contributed by atoms with Crippen LogP contribution >= 0.6 is 11.6 Å². The normalized spacial score (nSPS) is 13.9. The number of ketones is 1. The molecule has 0 saturated heterocycles. The van der Waals surface area contributed by atoms with Gasteiger partial charge in [-0.3, -0.25) is 4.79 Å². The third-order valence-electron chi connectivity index (χ3n) is 6.07. The highest BCUT2D eigenvalue weighted by molar-refractivity contribution is 6.30. The minimum absolute atomic E-state index is 0.139. The predicted molar refractivity (Wildman–Crippen MR) is 134 cm³/mol. The molecule has 6 heteroatoms. The number of rotatable bonds is 6. The van der Waals surface area contributed by atoms with Crippen molar-refractivity contribution in [1.82, 2.24) is 4.57 Å². The maximum atomic E-state index is 13.1. The maximum absolute atomic E-state index is 13.1. The fourth-order valence-electron chi connectivity index (χ4n) is 4.26. The van der Waals surface area contributed by atoms with Crippen molar-refractivity contribution in [2.24, 2.45) is 0 Å². The molecular weight excluding hydrogens is 450 g/mol. The smallest absolute Gasteiger partial charge is 0.231 e. The van der Waals surface area contributed by atoms with Crippen LogP contribution in [-0.4, -0.2) is 17.5 Å². The third-order valence-corrected chi connectivity index (χ3v) is 6.30. The first-order valence-electron chi connectivity index (χ1n) is 11.1. The molecule has 34 heavy (non-hydrogen) atoms. The second kappa shape index (κ2) is 8.92. The van der Waals surface area contributed by atoms with Gasteiger partial charge in [0, 0.05) is 39.8 Å². The Bertz CT molecular complexity index is 1450. The Balaban J connectivity index is 1.46. The van der Waals surface area contributed by atoms with Crippen molar-refractivity contribution in [1.29, 1.82) is 0 Å². The van der Waals surface area contributed by atoms with Crippen LogP contribution in [-0.2, 0) is 13.2 Å². The minimum Gasteiger partial charge on any atom is -0.497 e. The van der Waals surface area contributed by atoms with E-state index in [1.165, 1.54) is 0 Å². The van der Waals surface area contributed by atoms with Gasteiger partial charge in [0.25, 0.3) is 0 Å². The molecule has 2 heterocycles. The number of Topliss-reactive ketones (excluding diaryl/α,β-unsaturated/α-hetero) is 1. The number of aromatic nitrogens is 1. The summed E-state index contributed by atoms with van der Waals surface area (Å²) in [6.07, 6.45) is 3.84. The fraction of sp³-hybridized carbons (Fsp3) is 0.179. The summed E-state index contributed by atoms with van der Waals surface area (Å²) in [5.41, 5.74) is 4.27. The van der Waals surface area contributed by atoms with E-state index < -0.39 is 0 Å². The van der Waals surface area contributed by atoms with E-state index >= 15 is 0 Å². The molecular formula is C28H24ClNO4. The van der Waals surface area contributed by atoms with Gasteiger partial charge >= 0.3 is 0 Å². The summed E-state index contributed by atoms with van der Waals surface area (Å²) in [5.74, 6) is 2.12. The van der Waals surface area contributed by atoms with Gasteiger partial charge in [-0.2, -0.15) is 0 Å². The van der Waals surface area contributed by atoms with Crippen LogP contribution in [0.4, 0.5) is 0 Å². The summed E-state index contributed by atoms with van der Waals surface area (Å²) in [6, 6.07) is 17.1. The average Bonchev–Trinajstić information content (AvgIpc) is 3.36. The van der Waals surface area contributed by atoms with Gasteiger partial charge in [-0.25, -0.2) is 0 Å². The van der Waals surface area contributed by atoms with Gasteiger partial charge in [-0.1, -0.05) is 23.7 Å². The van der Waals surface area contributed by atoms with Gasteiger partial charge < -0.3 is 18.8 Å². The number of hydrogen-bond acceptors (Lipinski definition) is 4. The third kappa shape index (κ3) is 3.93. The molecule has 0 spiro atoms. The number of methoxy groups -OCH3 is 1. The first-order valence-corrected chi connectivity index (χ1v) is 11.5. The summed E-state index contributed by atoms with van der Waals surface area (Å²) >= 11 is 6.07. The summed E-state index contributed by atoms with van der Waals surface area (Å²) in [5, 5.41) is 1.67. The number of fused-ring (bicyclic) bond motifs is 2. The summed E-state index contributed by atoms with van der Waals surface area (Å²) in [6.45, 7) is 5.17. The first kappa shape index (κ1) is 22.1. The Hall–Kier alpha value is -3.70. The van der Waals surface area contributed by atoms with E-state index in [4.69, 9.17) is 25.8 Å². The Morgan fingerprint density at radius 2 is 1.97 bits per heavy atom. The Kier molecular flexibility index (Phi) is 5.80. The second-order valence-electron chi connectivity index (χ2n) is 8.18. The van der Waals surface area contributed by atoms with Crippen molar-refractivity contribution in [3.8, 4) is 17.2 Å². The van der Waals surface area contributed by atoms with E-state index in [-0.39, 0.29) is 5.78 Å². The monoisotopic (exact) mass is 473 g/mol. The average molecular weight is 474 g/mol. The Morgan fingerprint density at radius 3 is 2.74 bits per heavy atom. The van der Waals surface area contributed by atoms with Crippen molar-refractivity contribution in [2.75, 3.05) is 7.11 Å². The van der Waals surface area contributed by atoms with E-state index in [0.29, 0.717) is 34.5 Å². The molecule has 3 aromatic carbocycles. The summed E-state index contributed by atoms with van der Waals surface area (Å²) in [7, 11) is 1.64. The standard InChI is InChI=1S/C28H24ClNO4/c1-4-30-15-19(23-14-21(32-3)8-10-24(23)30)13-26-27(31)22-9-11-25(17(2)28(22)34-26)33-16-18-6-5-7-20(29)12-18/h5-15H,4,16H2,1-3H3. The number of carbonyl (C=O) groups excluding carboxylic acids is 1. The Morgan fingerprint density at radius 1 is 1.12 bits per heavy atom. The van der Waals surface area contributed by atoms with Crippen molar-refractivity contribution in [2.45, 2.75) is 27.0 Å². The highest BCUT2D eigenvalue weighted by atomic mass is 35.5. The highest BCUT2D eigenvalue weighted by Crippen LogP contribution is 2.40. The Labute approximate surface area is 203 Å². The largest absolute Gasteiger partial charge is 0.497 e. The van der Waals surface area contributed by atoms with E-state index in [2.05, 4.69) is 11.5 Å². The zero-order chi connectivity index (χ0) is 23.8. The molecule has 0 bridgehead atoms. The van der Waals surface area contributed by atoms with Crippen molar-refractivity contribution < 1.29 is 19.0 Å². The number of ether oxygens (including phenoxy) is 3. The van der Waals surface area contributed by atoms with Crippen molar-refractivity contribution in [3.63, 3.8) is 0 Å². The van der Waals surface area contributed by atoms with Gasteiger partial charge in [0.05, 0.1) is 12.7 Å². The number of benzene rings is 3. The van der Waals surface area contributed by atoms with Crippen LogP contribution in [0.2, 0.25) is 5.02 Å². The molecule has 172 valence electrons. The number of allylic oxidation sites excluding steroid dienone is 1. The van der Waals surface area contributed by atoms with E-state index in [1.807, 2.05) is 67.7 Å². The van der Waals surface area contributed by atoms with E-state index in [0.717, 1.165) is 39.9 Å². The lowest BCUT2D eigenvalue weighted by Crippen LogP contribution is -1.98. The van der Waals surface area contributed by atoms with Crippen LogP contribution in [0.5, 0.6) is 17.2 Å². The van der Waals surface area contributed by atoms with Crippen LogP contribution in [0.3, 0.4) is 0 Å². The lowest BCUT2D eigenvalue weighted by atomic mass is 10.1. The molecule has 1 aromatic heterocycles. The highest BCUT2D eigenvalue weighted by Gasteiger charge is 2.30. The number of halogens is 1. The van der Waals surface area contributed by atoms with Crippen molar-refractivity contribution >= 4 is 34.4 Å². The van der Waals surface area contributed by atoms with Gasteiger partial charge in [0.2, 0.25) is 5.78 Å². The molecule has 5 rings (SSSR count). The van der Waals surface area contributed by atoms with Crippen LogP contribution in [0.25, 0.3) is 17.0 Å². The second-order valence-corrected chi connectivity index (χ2v) is 8.61. The minimum atomic E-state index is -0.139. The molecule has 0 saturated carbocycles. The molecule has 5 nitrogen and oxygen atoms in total. The van der Waals surface area contributed by atoms with Crippen LogP contribution in [0.1, 0.15) is 34.0 Å². The molecule has 0 aliphatic carbocycles. The molecule has 0 radical (unpaired) electrons. The van der Waals surface area contributed by atoms with Crippen LogP contribution < -0.4 is 14.2 Å². The zero-order valence-electron chi connectivity index (χ0n) is 19.2. The van der Waals surface area contributed by atoms with Gasteiger partial charge in [-0.05, 0) is 68.0 Å². The lowest BCUT2D eigenvalue weighted by molar-refractivity contribution is 0.101. The quantitative estimate of drug-likeness (QED) is 0.288. The molecule has 0 N–H and O–H groups in total. The molecule has 4 aromatic rings. The fourth-order valence-corrected chi connectivity index (χ4v) is 4.47. The molecule has 0 atom stereocenters. The number of hydrogen-bond donors (Lipinski definition) is 0. The molecule has 0 unspecified atom stereocenters. The molecule has 1 aliphatic heterocycles. The number of nitrogens with zero attached hydrogens (tertiary/aromatic N) is 1. The van der Waals surface area contributed by atoms with E-state index in [9.17, 15) is 4.79 Å². The summed E-state index contributed by atoms with van der Waals surface area (Å²) in [4.78, 5) is 13.1. The molecule has 0 amide bonds. The van der Waals surface area contributed by atoms with Gasteiger partial charge in [0.15, 0.2) is 5.76 Å². The van der Waals surface area contributed by atoms with Crippen LogP contribution in [0.15, 0.2) is 66.6 Å². The van der Waals surface area contributed by atoms with Gasteiger partial charge in [0.1, 0.15) is 23.9 Å². The summed E-state index contributed by atoms with van der Waals surface area (Å²) < 4.78 is 19.6. The molecule has 0 fully saturated rings. The zero-order valence-corrected chi connectivity index (χ0v) is 20.0. The van der Waals surface area contributed by atoms with E-state index in [1.54, 1.807) is 13.2 Å². The van der Waals surface area contributed by atoms with Crippen molar-refractivity contribution in [3.05, 3.63) is 93.8 Å². The first-order chi connectivity index (χ1) is 16.5. The number of carbonyl (C=O) groups is 1. The predicted octanol–water partition coefficient (Wildman–Crippen LogP) is 6.83. The lowest BCUT2D eigenvalue weighted by Gasteiger charge is -2.11.